The van der Waals surface area contributed by atoms with E-state index >= 15 is 0 Å². The zero-order chi connectivity index (χ0) is 21.8. The second-order valence-electron chi connectivity index (χ2n) is 9.30. The summed E-state index contributed by atoms with van der Waals surface area (Å²) < 4.78 is 33.5. The molecule has 0 aromatic rings. The molecule has 0 aromatic heterocycles. The lowest BCUT2D eigenvalue weighted by Crippen LogP contribution is -2.45. The first-order chi connectivity index (χ1) is 12.7. The maximum Gasteiger partial charge on any atom is 0.295 e. The second kappa shape index (κ2) is 9.30. The van der Waals surface area contributed by atoms with Crippen molar-refractivity contribution in [1.29, 1.82) is 0 Å². The Morgan fingerprint density at radius 1 is 1.25 bits per heavy atom. The van der Waals surface area contributed by atoms with Gasteiger partial charge in [-0.05, 0) is 30.6 Å². The number of amides is 1. The van der Waals surface area contributed by atoms with E-state index in [0.717, 1.165) is 0 Å². The molecular weight excluding hydrogens is 380 g/mol. The van der Waals surface area contributed by atoms with Crippen LogP contribution in [0.3, 0.4) is 0 Å². The molecule has 1 aliphatic heterocycles. The summed E-state index contributed by atoms with van der Waals surface area (Å²) in [7, 11) is -1.95. The van der Waals surface area contributed by atoms with E-state index in [1.165, 1.54) is 4.90 Å². The summed E-state index contributed by atoms with van der Waals surface area (Å²) in [6, 6.07) is -0.415. The highest BCUT2D eigenvalue weighted by Gasteiger charge is 2.37. The molecule has 1 aliphatic rings. The Labute approximate surface area is 168 Å². The van der Waals surface area contributed by atoms with Gasteiger partial charge < -0.3 is 15.1 Å². The minimum Gasteiger partial charge on any atom is -0.415 e. The molecule has 0 fully saturated rings. The fraction of sp³-hybridized carbons (Fsp3) is 0.700. The number of alkyl halides is 2. The van der Waals surface area contributed by atoms with Gasteiger partial charge in [-0.1, -0.05) is 46.8 Å². The molecule has 1 amide bonds. The van der Waals surface area contributed by atoms with E-state index in [2.05, 4.69) is 38.9 Å². The Morgan fingerprint density at radius 2 is 1.86 bits per heavy atom. The third kappa shape index (κ3) is 6.51. The van der Waals surface area contributed by atoms with Gasteiger partial charge in [0.15, 0.2) is 14.2 Å². The van der Waals surface area contributed by atoms with Crippen LogP contribution in [0.2, 0.25) is 18.1 Å². The molecule has 1 atom stereocenters. The molecule has 28 heavy (non-hydrogen) atoms. The third-order valence-corrected chi connectivity index (χ3v) is 10.1. The summed E-state index contributed by atoms with van der Waals surface area (Å²) in [5.74, 6) is -0.779. The van der Waals surface area contributed by atoms with Crippen molar-refractivity contribution in [2.75, 3.05) is 13.2 Å². The standard InChI is InChI=1S/C20H35F2N3O2Si/c1-19(2,3)28(6,7)27-13-11-24-17(16(21)22)25-12-9-8-10-15(25)14-20(4,5)18(23)26/h8-10,12,15-16H,11,13-14H2,1-7H3,(H2,23,26). The Balaban J connectivity index is 2.90. The predicted molar refractivity (Wildman–Crippen MR) is 113 cm³/mol. The molecule has 0 radical (unpaired) electrons. The highest BCUT2D eigenvalue weighted by molar-refractivity contribution is 6.74. The van der Waals surface area contributed by atoms with Crippen molar-refractivity contribution in [3.8, 4) is 0 Å². The maximum absolute atomic E-state index is 13.7. The van der Waals surface area contributed by atoms with E-state index < -0.39 is 32.1 Å². The van der Waals surface area contributed by atoms with Crippen molar-refractivity contribution < 1.29 is 18.0 Å². The van der Waals surface area contributed by atoms with Crippen LogP contribution in [-0.2, 0) is 9.22 Å². The summed E-state index contributed by atoms with van der Waals surface area (Å²) in [5.41, 5.74) is 4.63. The van der Waals surface area contributed by atoms with Gasteiger partial charge in [-0.3, -0.25) is 9.79 Å². The highest BCUT2D eigenvalue weighted by atomic mass is 28.4. The van der Waals surface area contributed by atoms with E-state index in [4.69, 9.17) is 10.2 Å². The van der Waals surface area contributed by atoms with E-state index in [1.54, 1.807) is 38.3 Å². The Morgan fingerprint density at radius 3 is 2.36 bits per heavy atom. The molecule has 160 valence electrons. The number of carbonyl (C=O) groups excluding carboxylic acids is 1. The second-order valence-corrected chi connectivity index (χ2v) is 14.1. The lowest BCUT2D eigenvalue weighted by molar-refractivity contribution is -0.126. The van der Waals surface area contributed by atoms with Crippen LogP contribution < -0.4 is 5.73 Å². The van der Waals surface area contributed by atoms with E-state index in [9.17, 15) is 13.6 Å². The number of halogens is 2. The van der Waals surface area contributed by atoms with Crippen LogP contribution in [0.4, 0.5) is 8.78 Å². The zero-order valence-electron chi connectivity index (χ0n) is 18.1. The first-order valence-corrected chi connectivity index (χ1v) is 12.5. The lowest BCUT2D eigenvalue weighted by Gasteiger charge is -2.36. The quantitative estimate of drug-likeness (QED) is 0.278. The van der Waals surface area contributed by atoms with Crippen molar-refractivity contribution >= 4 is 20.1 Å². The molecule has 2 N–H and O–H groups in total. The number of nitrogens with two attached hydrogens (primary N) is 1. The van der Waals surface area contributed by atoms with E-state index in [1.807, 2.05) is 0 Å². The van der Waals surface area contributed by atoms with Crippen molar-refractivity contribution in [3.63, 3.8) is 0 Å². The minimum atomic E-state index is -2.73. The average molecular weight is 416 g/mol. The normalized spacial score (nSPS) is 18.9. The van der Waals surface area contributed by atoms with Crippen LogP contribution in [0.25, 0.3) is 0 Å². The monoisotopic (exact) mass is 415 g/mol. The van der Waals surface area contributed by atoms with Crippen molar-refractivity contribution in [3.05, 3.63) is 24.4 Å². The molecule has 0 saturated heterocycles. The molecule has 0 aromatic carbocycles. The smallest absolute Gasteiger partial charge is 0.295 e. The van der Waals surface area contributed by atoms with Gasteiger partial charge >= 0.3 is 0 Å². The molecule has 0 spiro atoms. The number of amidine groups is 1. The molecule has 0 aliphatic carbocycles. The Bertz CT molecular complexity index is 638. The van der Waals surface area contributed by atoms with Crippen LogP contribution in [0.1, 0.15) is 41.0 Å². The van der Waals surface area contributed by atoms with Gasteiger partial charge in [0.25, 0.3) is 6.43 Å². The predicted octanol–water partition coefficient (Wildman–Crippen LogP) is 4.33. The summed E-state index contributed by atoms with van der Waals surface area (Å²) in [6.07, 6.45) is 4.40. The van der Waals surface area contributed by atoms with Crippen molar-refractivity contribution in [1.82, 2.24) is 4.90 Å². The Hall–Kier alpha value is -1.54. The zero-order valence-corrected chi connectivity index (χ0v) is 19.1. The molecule has 8 heteroatoms. The van der Waals surface area contributed by atoms with Gasteiger partial charge in [0.1, 0.15) is 0 Å². The summed E-state index contributed by atoms with van der Waals surface area (Å²) in [6.45, 7) is 14.5. The fourth-order valence-corrected chi connectivity index (χ4v) is 3.55. The summed E-state index contributed by atoms with van der Waals surface area (Å²) >= 11 is 0. The molecule has 1 rings (SSSR count). The SMILES string of the molecule is CC(C)(CC1C=CC=CN1C(=NCCO[Si](C)(C)C(C)(C)C)C(F)F)C(N)=O. The number of primary amides is 1. The van der Waals surface area contributed by atoms with Gasteiger partial charge in [0, 0.05) is 11.6 Å². The number of hydrogen-bond acceptors (Lipinski definition) is 3. The first-order valence-electron chi connectivity index (χ1n) is 9.59. The van der Waals surface area contributed by atoms with Crippen LogP contribution in [0.15, 0.2) is 29.4 Å². The van der Waals surface area contributed by atoms with Crippen molar-refractivity contribution in [2.45, 2.75) is 71.6 Å². The first kappa shape index (κ1) is 24.5. The largest absolute Gasteiger partial charge is 0.415 e. The number of carbonyl (C=O) groups is 1. The molecule has 1 heterocycles. The number of nitrogens with zero attached hydrogens (tertiary/aromatic N) is 2. The molecular formula is C20H35F2N3O2Si. The summed E-state index contributed by atoms with van der Waals surface area (Å²) in [4.78, 5) is 17.2. The minimum absolute atomic E-state index is 0.0497. The molecule has 5 nitrogen and oxygen atoms in total. The molecule has 0 saturated carbocycles. The number of allylic oxidation sites excluding steroid dienone is 2. The highest BCUT2D eigenvalue weighted by Crippen LogP contribution is 2.36. The topological polar surface area (TPSA) is 67.9 Å². The van der Waals surface area contributed by atoms with Crippen molar-refractivity contribution in [2.24, 2.45) is 16.1 Å². The van der Waals surface area contributed by atoms with E-state index in [0.29, 0.717) is 13.0 Å². The van der Waals surface area contributed by atoms with Crippen LogP contribution in [0, 0.1) is 5.41 Å². The maximum atomic E-state index is 13.7. The third-order valence-electron chi connectivity index (χ3n) is 5.53. The number of hydrogen-bond donors (Lipinski definition) is 1. The van der Waals surface area contributed by atoms with Gasteiger partial charge in [0.2, 0.25) is 5.91 Å². The number of aliphatic imine (C=N–C) groups is 1. The van der Waals surface area contributed by atoms with Crippen LogP contribution in [-0.4, -0.2) is 50.6 Å². The van der Waals surface area contributed by atoms with Gasteiger partial charge in [-0.2, -0.15) is 0 Å². The van der Waals surface area contributed by atoms with Gasteiger partial charge in [-0.25, -0.2) is 8.78 Å². The summed E-state index contributed by atoms with van der Waals surface area (Å²) in [5, 5.41) is 0.0497. The van der Waals surface area contributed by atoms with Crippen LogP contribution in [0.5, 0.6) is 0 Å². The lowest BCUT2D eigenvalue weighted by atomic mass is 9.84. The average Bonchev–Trinajstić information content (AvgIpc) is 2.54. The fourth-order valence-electron chi connectivity index (χ4n) is 2.52. The van der Waals surface area contributed by atoms with Gasteiger partial charge in [0.05, 0.1) is 19.2 Å². The molecule has 0 bridgehead atoms. The number of rotatable bonds is 8. The van der Waals surface area contributed by atoms with Gasteiger partial charge in [-0.15, -0.1) is 0 Å². The Kier molecular flexibility index (Phi) is 8.14. The van der Waals surface area contributed by atoms with Crippen LogP contribution >= 0.6 is 0 Å². The molecule has 1 unspecified atom stereocenters. The van der Waals surface area contributed by atoms with E-state index in [-0.39, 0.29) is 17.4 Å².